The molecular weight excluding hydrogens is 344 g/mol. The molecule has 0 radical (unpaired) electrons. The summed E-state index contributed by atoms with van der Waals surface area (Å²) >= 11 is 0. The molecule has 1 aliphatic heterocycles. The van der Waals surface area contributed by atoms with Gasteiger partial charge in [0.1, 0.15) is 5.82 Å². The maximum Gasteiger partial charge on any atom is 0.320 e. The molecule has 0 aliphatic carbocycles. The average Bonchev–Trinajstić information content (AvgIpc) is 3.33. The largest absolute Gasteiger partial charge is 0.379 e. The van der Waals surface area contributed by atoms with E-state index >= 15 is 0 Å². The molecular formula is C19H22N6O2. The third kappa shape index (κ3) is 4.01. The standard InChI is InChI=1S/C19H22N6O2/c1-12(13-5-3-2-4-6-13)21-19(26)23-17-9-16-15(10-20-17)18(25-24-16)22-14-7-8-27-11-14/h2-6,9-10,12,14H,7-8,11H2,1H3,(H2,22,24,25)(H2,20,21,23,26)/t12-,14+/m1/s1. The van der Waals surface area contributed by atoms with E-state index in [9.17, 15) is 4.79 Å². The number of aromatic amines is 1. The molecule has 0 spiro atoms. The highest BCUT2D eigenvalue weighted by atomic mass is 16.5. The van der Waals surface area contributed by atoms with Crippen molar-refractivity contribution in [3.05, 3.63) is 48.2 Å². The number of fused-ring (bicyclic) bond motifs is 1. The first-order valence-corrected chi connectivity index (χ1v) is 9.00. The maximum absolute atomic E-state index is 12.3. The highest BCUT2D eigenvalue weighted by Crippen LogP contribution is 2.23. The Bertz CT molecular complexity index is 920. The minimum absolute atomic E-state index is 0.105. The van der Waals surface area contributed by atoms with Gasteiger partial charge in [0.15, 0.2) is 5.82 Å². The fraction of sp³-hybridized carbons (Fsp3) is 0.316. The first kappa shape index (κ1) is 17.3. The number of amides is 2. The number of rotatable bonds is 5. The number of aromatic nitrogens is 3. The summed E-state index contributed by atoms with van der Waals surface area (Å²) in [6.07, 6.45) is 2.66. The van der Waals surface area contributed by atoms with Gasteiger partial charge in [0.25, 0.3) is 0 Å². The number of carbonyl (C=O) groups excluding carboxylic acids is 1. The fourth-order valence-corrected chi connectivity index (χ4v) is 3.11. The molecule has 1 fully saturated rings. The minimum Gasteiger partial charge on any atom is -0.379 e. The Labute approximate surface area is 156 Å². The Hall–Kier alpha value is -3.13. The van der Waals surface area contributed by atoms with E-state index < -0.39 is 0 Å². The van der Waals surface area contributed by atoms with Crippen LogP contribution in [0.15, 0.2) is 42.6 Å². The van der Waals surface area contributed by atoms with Crippen molar-refractivity contribution in [3.8, 4) is 0 Å². The number of nitrogens with one attached hydrogen (secondary N) is 4. The Morgan fingerprint density at radius 1 is 1.33 bits per heavy atom. The number of hydrogen-bond donors (Lipinski definition) is 4. The van der Waals surface area contributed by atoms with Crippen molar-refractivity contribution in [2.24, 2.45) is 0 Å². The zero-order chi connectivity index (χ0) is 18.6. The lowest BCUT2D eigenvalue weighted by atomic mass is 10.1. The summed E-state index contributed by atoms with van der Waals surface area (Å²) in [5.74, 6) is 1.21. The predicted molar refractivity (Wildman–Crippen MR) is 104 cm³/mol. The highest BCUT2D eigenvalue weighted by Gasteiger charge is 2.18. The van der Waals surface area contributed by atoms with Gasteiger partial charge in [-0.2, -0.15) is 5.10 Å². The lowest BCUT2D eigenvalue weighted by molar-refractivity contribution is 0.195. The normalized spacial score (nSPS) is 17.6. The molecule has 140 valence electrons. The number of ether oxygens (including phenoxy) is 1. The molecule has 0 unspecified atom stereocenters. The monoisotopic (exact) mass is 366 g/mol. The van der Waals surface area contributed by atoms with E-state index in [1.54, 1.807) is 12.3 Å². The van der Waals surface area contributed by atoms with E-state index in [0.717, 1.165) is 35.3 Å². The van der Waals surface area contributed by atoms with Crippen LogP contribution in [0.5, 0.6) is 0 Å². The summed E-state index contributed by atoms with van der Waals surface area (Å²) in [6, 6.07) is 11.4. The topological polar surface area (TPSA) is 104 Å². The van der Waals surface area contributed by atoms with Gasteiger partial charge in [-0.15, -0.1) is 0 Å². The molecule has 2 atom stereocenters. The molecule has 8 heteroatoms. The van der Waals surface area contributed by atoms with Gasteiger partial charge in [-0.3, -0.25) is 10.4 Å². The van der Waals surface area contributed by atoms with Gasteiger partial charge in [-0.25, -0.2) is 9.78 Å². The SMILES string of the molecule is C[C@@H](NC(=O)Nc1cc2[nH]nc(N[C@H]3CCOC3)c2cn1)c1ccccc1. The van der Waals surface area contributed by atoms with Crippen LogP contribution >= 0.6 is 0 Å². The summed E-state index contributed by atoms with van der Waals surface area (Å²) in [6.45, 7) is 3.38. The third-order valence-corrected chi connectivity index (χ3v) is 4.61. The molecule has 3 aromatic rings. The molecule has 4 N–H and O–H groups in total. The summed E-state index contributed by atoms with van der Waals surface area (Å²) in [5, 5.41) is 17.2. The van der Waals surface area contributed by atoms with Gasteiger partial charge >= 0.3 is 6.03 Å². The molecule has 8 nitrogen and oxygen atoms in total. The highest BCUT2D eigenvalue weighted by molar-refractivity contribution is 5.94. The second kappa shape index (κ2) is 7.63. The molecule has 1 aliphatic rings. The lowest BCUT2D eigenvalue weighted by Crippen LogP contribution is -2.31. The first-order valence-electron chi connectivity index (χ1n) is 9.00. The molecule has 2 aromatic heterocycles. The number of anilines is 2. The van der Waals surface area contributed by atoms with E-state index in [2.05, 4.69) is 31.1 Å². The van der Waals surface area contributed by atoms with Crippen LogP contribution in [0.2, 0.25) is 0 Å². The number of benzene rings is 1. The Balaban J connectivity index is 1.41. The van der Waals surface area contributed by atoms with Crippen molar-refractivity contribution in [1.29, 1.82) is 0 Å². The molecule has 1 aromatic carbocycles. The molecule has 0 bridgehead atoms. The smallest absolute Gasteiger partial charge is 0.320 e. The number of hydrogen-bond acceptors (Lipinski definition) is 5. The zero-order valence-corrected chi connectivity index (χ0v) is 15.0. The van der Waals surface area contributed by atoms with Crippen LogP contribution in [0.3, 0.4) is 0 Å². The summed E-state index contributed by atoms with van der Waals surface area (Å²) in [5.41, 5.74) is 1.84. The second-order valence-electron chi connectivity index (χ2n) is 6.62. The lowest BCUT2D eigenvalue weighted by Gasteiger charge is -2.14. The maximum atomic E-state index is 12.3. The van der Waals surface area contributed by atoms with Gasteiger partial charge in [-0.1, -0.05) is 30.3 Å². The molecule has 4 rings (SSSR count). The van der Waals surface area contributed by atoms with Crippen molar-refractivity contribution < 1.29 is 9.53 Å². The third-order valence-electron chi connectivity index (χ3n) is 4.61. The van der Waals surface area contributed by atoms with Crippen molar-refractivity contribution in [2.75, 3.05) is 23.8 Å². The van der Waals surface area contributed by atoms with Crippen molar-refractivity contribution >= 4 is 28.6 Å². The van der Waals surface area contributed by atoms with Gasteiger partial charge in [0, 0.05) is 18.9 Å². The van der Waals surface area contributed by atoms with Crippen LogP contribution in [0.25, 0.3) is 10.9 Å². The van der Waals surface area contributed by atoms with E-state index in [0.29, 0.717) is 12.4 Å². The number of nitrogens with zero attached hydrogens (tertiary/aromatic N) is 2. The summed E-state index contributed by atoms with van der Waals surface area (Å²) in [4.78, 5) is 16.6. The van der Waals surface area contributed by atoms with E-state index in [1.807, 2.05) is 37.3 Å². The number of carbonyl (C=O) groups is 1. The van der Waals surface area contributed by atoms with Crippen LogP contribution < -0.4 is 16.0 Å². The van der Waals surface area contributed by atoms with E-state index in [-0.39, 0.29) is 18.1 Å². The average molecular weight is 366 g/mol. The minimum atomic E-state index is -0.306. The Kier molecular flexibility index (Phi) is 4.88. The first-order chi connectivity index (χ1) is 13.2. The molecule has 3 heterocycles. The van der Waals surface area contributed by atoms with Gasteiger partial charge in [-0.05, 0) is 18.9 Å². The van der Waals surface area contributed by atoms with Gasteiger partial charge < -0.3 is 15.4 Å². The zero-order valence-electron chi connectivity index (χ0n) is 15.0. The number of H-pyrrole nitrogens is 1. The van der Waals surface area contributed by atoms with Crippen LogP contribution in [-0.4, -0.2) is 40.5 Å². The molecule has 0 saturated carbocycles. The fourth-order valence-electron chi connectivity index (χ4n) is 3.11. The quantitative estimate of drug-likeness (QED) is 0.556. The Morgan fingerprint density at radius 2 is 2.19 bits per heavy atom. The van der Waals surface area contributed by atoms with Gasteiger partial charge in [0.05, 0.1) is 29.6 Å². The summed E-state index contributed by atoms with van der Waals surface area (Å²) < 4.78 is 5.37. The Morgan fingerprint density at radius 3 is 2.96 bits per heavy atom. The second-order valence-corrected chi connectivity index (χ2v) is 6.62. The van der Waals surface area contributed by atoms with E-state index in [1.165, 1.54) is 0 Å². The van der Waals surface area contributed by atoms with Gasteiger partial charge in [0.2, 0.25) is 0 Å². The van der Waals surface area contributed by atoms with Crippen LogP contribution in [0.4, 0.5) is 16.4 Å². The van der Waals surface area contributed by atoms with Crippen LogP contribution in [-0.2, 0) is 4.74 Å². The number of urea groups is 1. The van der Waals surface area contributed by atoms with E-state index in [4.69, 9.17) is 4.74 Å². The molecule has 1 saturated heterocycles. The molecule has 27 heavy (non-hydrogen) atoms. The van der Waals surface area contributed by atoms with Crippen molar-refractivity contribution in [2.45, 2.75) is 25.4 Å². The van der Waals surface area contributed by atoms with Crippen LogP contribution in [0, 0.1) is 0 Å². The van der Waals surface area contributed by atoms with Crippen LogP contribution in [0.1, 0.15) is 24.9 Å². The predicted octanol–water partition coefficient (Wildman–Crippen LogP) is 3.04. The summed E-state index contributed by atoms with van der Waals surface area (Å²) in [7, 11) is 0. The molecule has 2 amide bonds. The number of pyridine rings is 1. The van der Waals surface area contributed by atoms with Crippen molar-refractivity contribution in [1.82, 2.24) is 20.5 Å². The van der Waals surface area contributed by atoms with Crippen molar-refractivity contribution in [3.63, 3.8) is 0 Å².